The van der Waals surface area contributed by atoms with Crippen molar-refractivity contribution in [3.05, 3.63) is 28.2 Å². The van der Waals surface area contributed by atoms with E-state index in [4.69, 9.17) is 4.74 Å². The molecule has 2 N–H and O–H groups in total. The van der Waals surface area contributed by atoms with Crippen molar-refractivity contribution in [2.75, 3.05) is 6.61 Å². The van der Waals surface area contributed by atoms with Gasteiger partial charge in [-0.1, -0.05) is 29.8 Å². The first-order chi connectivity index (χ1) is 7.90. The van der Waals surface area contributed by atoms with Gasteiger partial charge < -0.3 is 15.2 Å². The predicted octanol–water partition coefficient (Wildman–Crippen LogP) is 2.96. The molecule has 1 aromatic rings. The van der Waals surface area contributed by atoms with Gasteiger partial charge >= 0.3 is 6.09 Å². The summed E-state index contributed by atoms with van der Waals surface area (Å²) in [6, 6.07) is 4.92. The van der Waals surface area contributed by atoms with E-state index in [2.05, 4.69) is 21.2 Å². The molecule has 1 amide bonds. The van der Waals surface area contributed by atoms with Crippen LogP contribution in [0.4, 0.5) is 4.79 Å². The molecule has 1 saturated heterocycles. The molecule has 1 fully saturated rings. The van der Waals surface area contributed by atoms with Gasteiger partial charge in [-0.25, -0.2) is 4.79 Å². The summed E-state index contributed by atoms with van der Waals surface area (Å²) in [6.07, 6.45) is -0.450. The Morgan fingerprint density at radius 2 is 2.24 bits per heavy atom. The normalized spacial score (nSPS) is 22.8. The van der Waals surface area contributed by atoms with Gasteiger partial charge in [0.05, 0.1) is 6.04 Å². The molecule has 1 atom stereocenters. The third-order valence-electron chi connectivity index (χ3n) is 2.92. The summed E-state index contributed by atoms with van der Waals surface area (Å²) in [5.41, 5.74) is 0.424. The summed E-state index contributed by atoms with van der Waals surface area (Å²) in [5, 5.41) is 12.6. The van der Waals surface area contributed by atoms with E-state index in [1.165, 1.54) is 0 Å². The maximum absolute atomic E-state index is 11.3. The van der Waals surface area contributed by atoms with Gasteiger partial charge in [0.1, 0.15) is 12.4 Å². The van der Waals surface area contributed by atoms with Gasteiger partial charge in [-0.15, -0.1) is 0 Å². The van der Waals surface area contributed by atoms with Crippen molar-refractivity contribution in [2.24, 2.45) is 5.41 Å². The number of hydrogen-bond donors (Lipinski definition) is 2. The molecule has 1 aliphatic heterocycles. The van der Waals surface area contributed by atoms with Crippen LogP contribution in [0.1, 0.15) is 25.5 Å². The monoisotopic (exact) mass is 299 g/mol. The van der Waals surface area contributed by atoms with Crippen LogP contribution in [-0.4, -0.2) is 17.8 Å². The lowest BCUT2D eigenvalue weighted by Crippen LogP contribution is -2.46. The van der Waals surface area contributed by atoms with E-state index in [-0.39, 0.29) is 17.2 Å². The van der Waals surface area contributed by atoms with Gasteiger partial charge in [-0.2, -0.15) is 0 Å². The molecule has 1 aromatic carbocycles. The Labute approximate surface area is 108 Å². The summed E-state index contributed by atoms with van der Waals surface area (Å²) < 4.78 is 5.83. The highest BCUT2D eigenvalue weighted by Gasteiger charge is 2.39. The van der Waals surface area contributed by atoms with Crippen LogP contribution in [0.3, 0.4) is 0 Å². The van der Waals surface area contributed by atoms with E-state index in [1.807, 2.05) is 19.9 Å². The van der Waals surface area contributed by atoms with Crippen LogP contribution in [-0.2, 0) is 4.74 Å². The molecular formula is C12H14BrNO3. The van der Waals surface area contributed by atoms with Crippen molar-refractivity contribution in [2.45, 2.75) is 19.9 Å². The molecule has 0 radical (unpaired) electrons. The Kier molecular flexibility index (Phi) is 3.03. The molecule has 2 rings (SSSR count). The van der Waals surface area contributed by atoms with Crippen molar-refractivity contribution in [3.8, 4) is 5.75 Å². The van der Waals surface area contributed by atoms with Gasteiger partial charge in [-0.05, 0) is 18.2 Å². The zero-order valence-corrected chi connectivity index (χ0v) is 11.2. The number of phenolic OH excluding ortho intramolecular Hbond substituents is 1. The minimum Gasteiger partial charge on any atom is -0.508 e. The van der Waals surface area contributed by atoms with Crippen LogP contribution < -0.4 is 5.32 Å². The van der Waals surface area contributed by atoms with Crippen LogP contribution in [0.5, 0.6) is 5.75 Å². The van der Waals surface area contributed by atoms with Crippen LogP contribution in [0, 0.1) is 5.41 Å². The lowest BCUT2D eigenvalue weighted by Gasteiger charge is -2.38. The van der Waals surface area contributed by atoms with Crippen LogP contribution in [0.15, 0.2) is 22.7 Å². The second-order valence-electron chi connectivity index (χ2n) is 4.85. The Hall–Kier alpha value is -1.23. The second-order valence-corrected chi connectivity index (χ2v) is 5.76. The molecule has 0 aromatic heterocycles. The summed E-state index contributed by atoms with van der Waals surface area (Å²) in [6.45, 7) is 4.30. The maximum atomic E-state index is 11.3. The van der Waals surface area contributed by atoms with Crippen molar-refractivity contribution in [3.63, 3.8) is 0 Å². The maximum Gasteiger partial charge on any atom is 0.407 e. The fourth-order valence-corrected chi connectivity index (χ4v) is 2.32. The zero-order valence-electron chi connectivity index (χ0n) is 9.66. The molecule has 92 valence electrons. The van der Waals surface area contributed by atoms with Gasteiger partial charge in [-0.3, -0.25) is 0 Å². The number of nitrogens with one attached hydrogen (secondary N) is 1. The third kappa shape index (κ3) is 2.39. The summed E-state index contributed by atoms with van der Waals surface area (Å²) in [7, 11) is 0. The lowest BCUT2D eigenvalue weighted by molar-refractivity contribution is 0.0381. The van der Waals surface area contributed by atoms with Crippen LogP contribution in [0.2, 0.25) is 0 Å². The number of halogens is 1. The highest BCUT2D eigenvalue weighted by Crippen LogP contribution is 2.40. The van der Waals surface area contributed by atoms with Crippen LogP contribution >= 0.6 is 15.9 Å². The Balaban J connectivity index is 2.42. The number of rotatable bonds is 1. The zero-order chi connectivity index (χ0) is 12.6. The highest BCUT2D eigenvalue weighted by atomic mass is 79.9. The second kappa shape index (κ2) is 4.22. The fraction of sp³-hybridized carbons (Fsp3) is 0.417. The topological polar surface area (TPSA) is 58.6 Å². The summed E-state index contributed by atoms with van der Waals surface area (Å²) in [5.74, 6) is 0.175. The molecule has 0 spiro atoms. The molecule has 0 unspecified atom stereocenters. The molecule has 1 heterocycles. The van der Waals surface area contributed by atoms with Crippen molar-refractivity contribution in [1.29, 1.82) is 0 Å². The van der Waals surface area contributed by atoms with E-state index >= 15 is 0 Å². The number of benzene rings is 1. The smallest absolute Gasteiger partial charge is 0.407 e. The average molecular weight is 300 g/mol. The number of amides is 1. The number of alkyl carbamates (subject to hydrolysis) is 1. The number of phenols is 1. The number of carbonyl (C=O) groups is 1. The van der Waals surface area contributed by atoms with Crippen molar-refractivity contribution >= 4 is 22.0 Å². The minimum absolute atomic E-state index is 0.175. The predicted molar refractivity (Wildman–Crippen MR) is 66.8 cm³/mol. The van der Waals surface area contributed by atoms with E-state index < -0.39 is 6.09 Å². The van der Waals surface area contributed by atoms with E-state index in [9.17, 15) is 9.90 Å². The first-order valence-corrected chi connectivity index (χ1v) is 6.11. The Morgan fingerprint density at radius 1 is 1.53 bits per heavy atom. The van der Waals surface area contributed by atoms with Gasteiger partial charge in [0.15, 0.2) is 0 Å². The largest absolute Gasteiger partial charge is 0.508 e. The highest BCUT2D eigenvalue weighted by molar-refractivity contribution is 9.10. The minimum atomic E-state index is -0.450. The molecule has 17 heavy (non-hydrogen) atoms. The average Bonchev–Trinajstić information content (AvgIpc) is 2.26. The van der Waals surface area contributed by atoms with Crippen LogP contribution in [0.25, 0.3) is 0 Å². The SMILES string of the molecule is CC1(C)COC(=O)N[C@@H]1c1cc(Br)ccc1O. The number of ether oxygens (including phenoxy) is 1. The quantitative estimate of drug-likeness (QED) is 0.838. The van der Waals surface area contributed by atoms with Gasteiger partial charge in [0.2, 0.25) is 0 Å². The molecule has 1 aliphatic rings. The molecule has 0 bridgehead atoms. The molecule has 5 heteroatoms. The van der Waals surface area contributed by atoms with Crippen molar-refractivity contribution < 1.29 is 14.6 Å². The number of hydrogen-bond acceptors (Lipinski definition) is 3. The molecule has 4 nitrogen and oxygen atoms in total. The lowest BCUT2D eigenvalue weighted by atomic mass is 9.80. The number of carbonyl (C=O) groups excluding carboxylic acids is 1. The number of cyclic esters (lactones) is 1. The third-order valence-corrected chi connectivity index (χ3v) is 3.41. The van der Waals surface area contributed by atoms with Gasteiger partial charge in [0.25, 0.3) is 0 Å². The first-order valence-electron chi connectivity index (χ1n) is 5.32. The summed E-state index contributed by atoms with van der Waals surface area (Å²) >= 11 is 3.36. The molecule has 0 aliphatic carbocycles. The fourth-order valence-electron chi connectivity index (χ4n) is 1.95. The standard InChI is InChI=1S/C12H14BrNO3/c1-12(2)6-17-11(16)14-10(12)8-5-7(13)3-4-9(8)15/h3-5,10,15H,6H2,1-2H3,(H,14,16)/t10-/m1/s1. The van der Waals surface area contributed by atoms with Gasteiger partial charge in [0, 0.05) is 15.5 Å². The van der Waals surface area contributed by atoms with E-state index in [0.717, 1.165) is 4.47 Å². The molecular weight excluding hydrogens is 286 g/mol. The Morgan fingerprint density at radius 3 is 2.94 bits per heavy atom. The summed E-state index contributed by atoms with van der Waals surface area (Å²) in [4.78, 5) is 11.3. The first kappa shape index (κ1) is 12.2. The Bertz CT molecular complexity index is 459. The molecule has 0 saturated carbocycles. The van der Waals surface area contributed by atoms with Crippen molar-refractivity contribution in [1.82, 2.24) is 5.32 Å². The van der Waals surface area contributed by atoms with E-state index in [1.54, 1.807) is 12.1 Å². The van der Waals surface area contributed by atoms with E-state index in [0.29, 0.717) is 12.2 Å². The number of aromatic hydroxyl groups is 1.